The summed E-state index contributed by atoms with van der Waals surface area (Å²) < 4.78 is 28.4. The van der Waals surface area contributed by atoms with E-state index in [9.17, 15) is 18.0 Å². The van der Waals surface area contributed by atoms with E-state index in [1.165, 1.54) is 18.2 Å². The Morgan fingerprint density at radius 2 is 1.50 bits per heavy atom. The van der Waals surface area contributed by atoms with Gasteiger partial charge in [-0.25, -0.2) is 13.8 Å². The summed E-state index contributed by atoms with van der Waals surface area (Å²) in [5, 5.41) is 7.77. The molecule has 0 radical (unpaired) electrons. The number of carbonyl (C=O) groups excluding carboxylic acids is 2. The van der Waals surface area contributed by atoms with Gasteiger partial charge in [0.25, 0.3) is 21.8 Å². The van der Waals surface area contributed by atoms with Crippen molar-refractivity contribution in [3.8, 4) is 0 Å². The number of hydrogen-bond donors (Lipinski definition) is 2. The smallest absolute Gasteiger partial charge is 0.264 e. The van der Waals surface area contributed by atoms with E-state index in [1.54, 1.807) is 86.6 Å². The number of nitrogens with zero attached hydrogens (tertiary/aromatic N) is 2. The largest absolute Gasteiger partial charge is 0.322 e. The van der Waals surface area contributed by atoms with E-state index in [0.29, 0.717) is 38.1 Å². The number of halogens is 2. The molecule has 11 heteroatoms. The van der Waals surface area contributed by atoms with Crippen LogP contribution in [0, 0.1) is 13.8 Å². The van der Waals surface area contributed by atoms with E-state index in [4.69, 9.17) is 23.2 Å². The first kappa shape index (κ1) is 30.8. The van der Waals surface area contributed by atoms with Crippen LogP contribution in [-0.2, 0) is 14.8 Å². The lowest BCUT2D eigenvalue weighted by molar-refractivity contribution is -0.119. The van der Waals surface area contributed by atoms with Crippen molar-refractivity contribution in [1.29, 1.82) is 0 Å². The maximum absolute atomic E-state index is 13.7. The first-order chi connectivity index (χ1) is 19.9. The predicted octanol–water partition coefficient (Wildman–Crippen LogP) is 6.60. The minimum Gasteiger partial charge on any atom is -0.322 e. The highest BCUT2D eigenvalue weighted by atomic mass is 35.5. The van der Waals surface area contributed by atoms with Crippen LogP contribution in [-0.4, -0.2) is 32.5 Å². The lowest BCUT2D eigenvalue weighted by Gasteiger charge is -2.25. The Balaban J connectivity index is 1.53. The van der Waals surface area contributed by atoms with Gasteiger partial charge in [0.05, 0.1) is 16.3 Å². The van der Waals surface area contributed by atoms with Crippen molar-refractivity contribution in [3.63, 3.8) is 0 Å². The molecule has 2 amide bonds. The molecule has 42 heavy (non-hydrogen) atoms. The van der Waals surface area contributed by atoms with Crippen LogP contribution in [0.5, 0.6) is 0 Å². The van der Waals surface area contributed by atoms with Gasteiger partial charge >= 0.3 is 0 Å². The number of hydrazone groups is 1. The first-order valence-corrected chi connectivity index (χ1v) is 15.0. The number of benzene rings is 4. The van der Waals surface area contributed by atoms with E-state index in [-0.39, 0.29) is 16.5 Å². The molecule has 0 saturated heterocycles. The van der Waals surface area contributed by atoms with Crippen molar-refractivity contribution in [1.82, 2.24) is 5.43 Å². The van der Waals surface area contributed by atoms with E-state index in [2.05, 4.69) is 15.8 Å². The van der Waals surface area contributed by atoms with Crippen LogP contribution in [0.15, 0.2) is 101 Å². The molecule has 8 nitrogen and oxygen atoms in total. The predicted molar refractivity (Wildman–Crippen MR) is 168 cm³/mol. The van der Waals surface area contributed by atoms with Crippen molar-refractivity contribution in [2.45, 2.75) is 25.7 Å². The van der Waals surface area contributed by atoms with Crippen LogP contribution in [0.1, 0.15) is 34.0 Å². The van der Waals surface area contributed by atoms with Crippen molar-refractivity contribution in [2.75, 3.05) is 16.2 Å². The fourth-order valence-electron chi connectivity index (χ4n) is 4.02. The van der Waals surface area contributed by atoms with E-state index in [1.807, 2.05) is 6.92 Å². The van der Waals surface area contributed by atoms with Crippen LogP contribution in [0.25, 0.3) is 0 Å². The molecule has 0 aliphatic heterocycles. The molecule has 0 aliphatic rings. The standard InChI is InChI=1S/C31H28Cl2N4O4S/c1-20-10-14-28(15-11-20)42(40,41)37(29-18-26(33)13-12-21(29)2)19-30(38)36-35-22(3)23-6-5-9-27(17-23)34-31(39)24-7-4-8-25(32)16-24/h4-18H,19H2,1-3H3,(H,34,39)(H,36,38)/b35-22-. The van der Waals surface area contributed by atoms with Crippen molar-refractivity contribution in [2.24, 2.45) is 5.10 Å². The number of nitrogens with one attached hydrogen (secondary N) is 2. The second kappa shape index (κ2) is 13.2. The Hall–Kier alpha value is -4.18. The van der Waals surface area contributed by atoms with Gasteiger partial charge < -0.3 is 5.32 Å². The zero-order chi connectivity index (χ0) is 30.4. The average molecular weight is 624 g/mol. The van der Waals surface area contributed by atoms with Gasteiger partial charge in [-0.15, -0.1) is 0 Å². The number of anilines is 2. The first-order valence-electron chi connectivity index (χ1n) is 12.8. The summed E-state index contributed by atoms with van der Waals surface area (Å²) in [6.45, 7) is 4.73. The van der Waals surface area contributed by atoms with Crippen molar-refractivity contribution >= 4 is 62.1 Å². The molecule has 216 valence electrons. The van der Waals surface area contributed by atoms with E-state index in [0.717, 1.165) is 9.87 Å². The maximum Gasteiger partial charge on any atom is 0.264 e. The Morgan fingerprint density at radius 1 is 0.833 bits per heavy atom. The Bertz CT molecular complexity index is 1770. The molecule has 4 aromatic carbocycles. The van der Waals surface area contributed by atoms with Crippen LogP contribution in [0.4, 0.5) is 11.4 Å². The molecule has 0 atom stereocenters. The lowest BCUT2D eigenvalue weighted by atomic mass is 10.1. The van der Waals surface area contributed by atoms with Gasteiger partial charge in [0.1, 0.15) is 6.54 Å². The van der Waals surface area contributed by atoms with Crippen LogP contribution < -0.4 is 15.0 Å². The summed E-state index contributed by atoms with van der Waals surface area (Å²) in [5.74, 6) is -0.987. The third-order valence-electron chi connectivity index (χ3n) is 6.31. The molecule has 4 rings (SSSR count). The number of aryl methyl sites for hydroxylation is 2. The number of carbonyl (C=O) groups is 2. The molecular formula is C31H28Cl2N4O4S. The second-order valence-electron chi connectivity index (χ2n) is 9.53. The van der Waals surface area contributed by atoms with Gasteiger partial charge in [0.15, 0.2) is 0 Å². The van der Waals surface area contributed by atoms with Crippen LogP contribution >= 0.6 is 23.2 Å². The fourth-order valence-corrected chi connectivity index (χ4v) is 5.85. The summed E-state index contributed by atoms with van der Waals surface area (Å²) in [4.78, 5) is 25.7. The van der Waals surface area contributed by atoms with Crippen molar-refractivity contribution < 1.29 is 18.0 Å². The van der Waals surface area contributed by atoms with Gasteiger partial charge in [-0.2, -0.15) is 5.10 Å². The van der Waals surface area contributed by atoms with E-state index >= 15 is 0 Å². The van der Waals surface area contributed by atoms with Crippen molar-refractivity contribution in [3.05, 3.63) is 123 Å². The SMILES string of the molecule is C/C(=N/NC(=O)CN(c1cc(Cl)ccc1C)S(=O)(=O)c1ccc(C)cc1)c1cccc(NC(=O)c2cccc(Cl)c2)c1. The van der Waals surface area contributed by atoms with Gasteiger partial charge in [0, 0.05) is 21.3 Å². The number of sulfonamides is 1. The molecule has 0 spiro atoms. The highest BCUT2D eigenvalue weighted by Crippen LogP contribution is 2.29. The van der Waals surface area contributed by atoms with Crippen LogP contribution in [0.3, 0.4) is 0 Å². The van der Waals surface area contributed by atoms with Gasteiger partial charge in [-0.3, -0.25) is 13.9 Å². The lowest BCUT2D eigenvalue weighted by Crippen LogP contribution is -2.40. The number of rotatable bonds is 9. The topological polar surface area (TPSA) is 108 Å². The summed E-state index contributed by atoms with van der Waals surface area (Å²) >= 11 is 12.2. The normalized spacial score (nSPS) is 11.6. The quantitative estimate of drug-likeness (QED) is 0.162. The molecule has 4 aromatic rings. The monoisotopic (exact) mass is 622 g/mol. The highest BCUT2D eigenvalue weighted by Gasteiger charge is 2.28. The summed E-state index contributed by atoms with van der Waals surface area (Å²) in [5.41, 5.74) is 6.25. The molecule has 0 heterocycles. The molecule has 0 unspecified atom stereocenters. The Kier molecular flexibility index (Phi) is 9.67. The van der Waals surface area contributed by atoms with Gasteiger partial charge in [0.2, 0.25) is 0 Å². The molecule has 0 bridgehead atoms. The summed E-state index contributed by atoms with van der Waals surface area (Å²) in [7, 11) is -4.12. The molecule has 0 fully saturated rings. The van der Waals surface area contributed by atoms with E-state index < -0.39 is 22.5 Å². The fraction of sp³-hybridized carbons (Fsp3) is 0.129. The summed E-state index contributed by atoms with van der Waals surface area (Å²) in [6.07, 6.45) is 0. The minimum absolute atomic E-state index is 0.0385. The molecule has 0 saturated carbocycles. The Labute approximate surface area is 255 Å². The molecule has 0 aliphatic carbocycles. The third-order valence-corrected chi connectivity index (χ3v) is 8.55. The highest BCUT2D eigenvalue weighted by molar-refractivity contribution is 7.92. The number of amides is 2. The van der Waals surface area contributed by atoms with Gasteiger partial charge in [-0.1, -0.05) is 65.2 Å². The average Bonchev–Trinajstić information content (AvgIpc) is 2.96. The Morgan fingerprint density at radius 3 is 2.21 bits per heavy atom. The van der Waals surface area contributed by atoms with Gasteiger partial charge in [-0.05, 0) is 86.5 Å². The summed E-state index contributed by atoms with van der Waals surface area (Å²) in [6, 6.07) is 24.7. The number of hydrogen-bond acceptors (Lipinski definition) is 5. The molecule has 2 N–H and O–H groups in total. The third kappa shape index (κ3) is 7.55. The van der Waals surface area contributed by atoms with Crippen LogP contribution in [0.2, 0.25) is 10.0 Å². The molecular weight excluding hydrogens is 595 g/mol. The second-order valence-corrected chi connectivity index (χ2v) is 12.3. The zero-order valence-electron chi connectivity index (χ0n) is 23.1. The minimum atomic E-state index is -4.12. The maximum atomic E-state index is 13.7. The zero-order valence-corrected chi connectivity index (χ0v) is 25.4. The molecule has 0 aromatic heterocycles.